The molecule has 1 heterocycles. The van der Waals surface area contributed by atoms with Crippen LogP contribution in [0.3, 0.4) is 0 Å². The van der Waals surface area contributed by atoms with Crippen molar-refractivity contribution in [1.29, 1.82) is 0 Å². The molecule has 0 saturated carbocycles. The van der Waals surface area contributed by atoms with Crippen molar-refractivity contribution in [1.82, 2.24) is 10.3 Å². The highest BCUT2D eigenvalue weighted by Gasteiger charge is 2.10. The van der Waals surface area contributed by atoms with Crippen molar-refractivity contribution in [2.24, 2.45) is 0 Å². The third kappa shape index (κ3) is 3.04. The highest BCUT2D eigenvalue weighted by Crippen LogP contribution is 2.20. The van der Waals surface area contributed by atoms with Gasteiger partial charge in [-0.25, -0.2) is 0 Å². The zero-order chi connectivity index (χ0) is 14.8. The summed E-state index contributed by atoms with van der Waals surface area (Å²) >= 11 is 12.0. The topological polar surface area (TPSA) is 44.9 Å². The van der Waals surface area contributed by atoms with E-state index in [9.17, 15) is 4.79 Å². The summed E-state index contributed by atoms with van der Waals surface area (Å²) in [5.41, 5.74) is 2.26. The van der Waals surface area contributed by atoms with Gasteiger partial charge in [-0.05, 0) is 35.9 Å². The van der Waals surface area contributed by atoms with Gasteiger partial charge in [0.2, 0.25) is 0 Å². The molecule has 21 heavy (non-hydrogen) atoms. The maximum atomic E-state index is 12.2. The molecule has 0 spiro atoms. The van der Waals surface area contributed by atoms with Crippen molar-refractivity contribution in [3.63, 3.8) is 0 Å². The van der Waals surface area contributed by atoms with Crippen LogP contribution in [0.2, 0.25) is 10.0 Å². The summed E-state index contributed by atoms with van der Waals surface area (Å²) in [7, 11) is 0. The van der Waals surface area contributed by atoms with Gasteiger partial charge >= 0.3 is 0 Å². The molecule has 5 heteroatoms. The number of aromatic amines is 1. The monoisotopic (exact) mass is 318 g/mol. The van der Waals surface area contributed by atoms with Crippen LogP contribution in [0.5, 0.6) is 0 Å². The first-order chi connectivity index (χ1) is 10.1. The van der Waals surface area contributed by atoms with Crippen LogP contribution < -0.4 is 5.32 Å². The molecule has 3 aromatic rings. The van der Waals surface area contributed by atoms with E-state index >= 15 is 0 Å². The minimum absolute atomic E-state index is 0.178. The van der Waals surface area contributed by atoms with Gasteiger partial charge in [-0.1, -0.05) is 41.4 Å². The molecule has 0 aliphatic carbocycles. The van der Waals surface area contributed by atoms with E-state index in [1.165, 1.54) is 0 Å². The lowest BCUT2D eigenvalue weighted by Gasteiger charge is -2.05. The maximum absolute atomic E-state index is 12.2. The molecule has 0 atom stereocenters. The Morgan fingerprint density at radius 1 is 1.10 bits per heavy atom. The van der Waals surface area contributed by atoms with Crippen LogP contribution in [-0.4, -0.2) is 10.9 Å². The summed E-state index contributed by atoms with van der Waals surface area (Å²) in [6.07, 6.45) is 0. The first kappa shape index (κ1) is 14.0. The van der Waals surface area contributed by atoms with E-state index in [4.69, 9.17) is 23.2 Å². The van der Waals surface area contributed by atoms with E-state index in [1.54, 1.807) is 18.2 Å². The number of carbonyl (C=O) groups is 1. The van der Waals surface area contributed by atoms with Crippen molar-refractivity contribution in [3.05, 3.63) is 69.8 Å². The van der Waals surface area contributed by atoms with Gasteiger partial charge in [-0.2, -0.15) is 0 Å². The second kappa shape index (κ2) is 5.80. The minimum atomic E-state index is -0.178. The number of benzene rings is 2. The van der Waals surface area contributed by atoms with E-state index in [1.807, 2.05) is 30.3 Å². The molecule has 0 unspecified atom stereocenters. The molecule has 0 saturated heterocycles. The number of hydrogen-bond acceptors (Lipinski definition) is 1. The van der Waals surface area contributed by atoms with Crippen molar-refractivity contribution < 1.29 is 4.79 Å². The van der Waals surface area contributed by atoms with E-state index < -0.39 is 0 Å². The summed E-state index contributed by atoms with van der Waals surface area (Å²) in [5, 5.41) is 5.03. The smallest absolute Gasteiger partial charge is 0.267 e. The van der Waals surface area contributed by atoms with Gasteiger partial charge in [0.25, 0.3) is 5.91 Å². The fraction of sp³-hybridized carbons (Fsp3) is 0.0625. The number of halogens is 2. The zero-order valence-electron chi connectivity index (χ0n) is 11.0. The summed E-state index contributed by atoms with van der Waals surface area (Å²) in [5.74, 6) is -0.178. The molecule has 3 rings (SSSR count). The molecule has 1 aromatic heterocycles. The van der Waals surface area contributed by atoms with E-state index in [2.05, 4.69) is 10.3 Å². The quantitative estimate of drug-likeness (QED) is 0.738. The molecule has 2 N–H and O–H groups in total. The summed E-state index contributed by atoms with van der Waals surface area (Å²) < 4.78 is 0. The molecule has 1 amide bonds. The number of rotatable bonds is 3. The lowest BCUT2D eigenvalue weighted by atomic mass is 10.2. The third-order valence-electron chi connectivity index (χ3n) is 3.22. The number of amides is 1. The van der Waals surface area contributed by atoms with Crippen LogP contribution in [0.15, 0.2) is 48.5 Å². The second-order valence-electron chi connectivity index (χ2n) is 4.69. The fourth-order valence-electron chi connectivity index (χ4n) is 2.14. The Kier molecular flexibility index (Phi) is 3.86. The Morgan fingerprint density at radius 3 is 2.71 bits per heavy atom. The number of H-pyrrole nitrogens is 1. The van der Waals surface area contributed by atoms with Crippen molar-refractivity contribution in [2.75, 3.05) is 0 Å². The highest BCUT2D eigenvalue weighted by atomic mass is 35.5. The largest absolute Gasteiger partial charge is 0.351 e. The predicted molar refractivity (Wildman–Crippen MR) is 85.9 cm³/mol. The van der Waals surface area contributed by atoms with E-state index in [-0.39, 0.29) is 5.91 Å². The van der Waals surface area contributed by atoms with Gasteiger partial charge < -0.3 is 10.3 Å². The van der Waals surface area contributed by atoms with Gasteiger partial charge in [0.05, 0.1) is 0 Å². The molecular weight excluding hydrogens is 307 g/mol. The molecule has 3 nitrogen and oxygen atoms in total. The standard InChI is InChI=1S/C16H12Cl2N2O/c17-12-5-6-14-11(7-12)8-15(20-14)16(21)19-9-10-3-1-2-4-13(10)18/h1-8,20H,9H2,(H,19,21). The number of hydrogen-bond donors (Lipinski definition) is 2. The van der Waals surface area contributed by atoms with Crippen LogP contribution in [0.25, 0.3) is 10.9 Å². The molecule has 0 aliphatic rings. The first-order valence-electron chi connectivity index (χ1n) is 6.43. The molecule has 0 aliphatic heterocycles. The van der Waals surface area contributed by atoms with Crippen LogP contribution in [-0.2, 0) is 6.54 Å². The van der Waals surface area contributed by atoms with Crippen LogP contribution in [0.4, 0.5) is 0 Å². The molecule has 0 fully saturated rings. The van der Waals surface area contributed by atoms with Crippen LogP contribution in [0.1, 0.15) is 16.1 Å². The molecule has 0 radical (unpaired) electrons. The number of aromatic nitrogens is 1. The van der Waals surface area contributed by atoms with Gasteiger partial charge in [-0.15, -0.1) is 0 Å². The Bertz CT molecular complexity index is 811. The molecule has 0 bridgehead atoms. The lowest BCUT2D eigenvalue weighted by molar-refractivity contribution is 0.0947. The molecule has 2 aromatic carbocycles. The van der Waals surface area contributed by atoms with Gasteiger partial charge in [0, 0.05) is 27.5 Å². The van der Waals surface area contributed by atoms with Gasteiger partial charge in [0.15, 0.2) is 0 Å². The first-order valence-corrected chi connectivity index (χ1v) is 7.19. The Balaban J connectivity index is 1.76. The van der Waals surface area contributed by atoms with Crippen molar-refractivity contribution in [2.45, 2.75) is 6.54 Å². The second-order valence-corrected chi connectivity index (χ2v) is 5.53. The molecule has 106 valence electrons. The number of carbonyl (C=O) groups excluding carboxylic acids is 1. The Labute approximate surface area is 131 Å². The predicted octanol–water partition coefficient (Wildman–Crippen LogP) is 4.40. The lowest BCUT2D eigenvalue weighted by Crippen LogP contribution is -2.23. The Morgan fingerprint density at radius 2 is 1.90 bits per heavy atom. The Hall–Kier alpha value is -1.97. The average molecular weight is 319 g/mol. The van der Waals surface area contributed by atoms with E-state index in [0.717, 1.165) is 16.5 Å². The van der Waals surface area contributed by atoms with Crippen molar-refractivity contribution >= 4 is 40.0 Å². The average Bonchev–Trinajstić information content (AvgIpc) is 2.89. The van der Waals surface area contributed by atoms with Crippen LogP contribution >= 0.6 is 23.2 Å². The summed E-state index contributed by atoms with van der Waals surface area (Å²) in [4.78, 5) is 15.2. The highest BCUT2D eigenvalue weighted by molar-refractivity contribution is 6.31. The normalized spacial score (nSPS) is 10.8. The molecular formula is C16H12Cl2N2O. The van der Waals surface area contributed by atoms with Crippen LogP contribution in [0, 0.1) is 0 Å². The van der Waals surface area contributed by atoms with E-state index in [0.29, 0.717) is 22.3 Å². The van der Waals surface area contributed by atoms with Gasteiger partial charge in [0.1, 0.15) is 5.69 Å². The SMILES string of the molecule is O=C(NCc1ccccc1Cl)c1cc2cc(Cl)ccc2[nH]1. The fourth-order valence-corrected chi connectivity index (χ4v) is 2.52. The maximum Gasteiger partial charge on any atom is 0.267 e. The van der Waals surface area contributed by atoms with Gasteiger partial charge in [-0.3, -0.25) is 4.79 Å². The summed E-state index contributed by atoms with van der Waals surface area (Å²) in [6.45, 7) is 0.384. The minimum Gasteiger partial charge on any atom is -0.351 e. The summed E-state index contributed by atoms with van der Waals surface area (Å²) in [6, 6.07) is 14.7. The third-order valence-corrected chi connectivity index (χ3v) is 3.83. The number of fused-ring (bicyclic) bond motifs is 1. The van der Waals surface area contributed by atoms with Crippen molar-refractivity contribution in [3.8, 4) is 0 Å². The zero-order valence-corrected chi connectivity index (χ0v) is 12.5. The number of nitrogens with one attached hydrogen (secondary N) is 2.